The standard InChI is InChI=1S/C11H12ClN3O/c1-6-5-7-9(16-2)4-3-8(12)10(7)14-11(6)15-13/h3-5H,13H2,1-2H3,(H,14,15). The van der Waals surface area contributed by atoms with Gasteiger partial charge in [-0.05, 0) is 30.7 Å². The summed E-state index contributed by atoms with van der Waals surface area (Å²) in [5.41, 5.74) is 4.16. The second-order valence-corrected chi connectivity index (χ2v) is 3.85. The molecular formula is C11H12ClN3O. The molecule has 84 valence electrons. The third-order valence-electron chi connectivity index (χ3n) is 2.44. The Morgan fingerprint density at radius 2 is 2.19 bits per heavy atom. The first-order valence-electron chi connectivity index (χ1n) is 4.78. The molecule has 0 aliphatic heterocycles. The number of hydrogen-bond donors (Lipinski definition) is 2. The van der Waals surface area contributed by atoms with E-state index in [-0.39, 0.29) is 0 Å². The number of benzene rings is 1. The van der Waals surface area contributed by atoms with Crippen molar-refractivity contribution in [3.05, 3.63) is 28.8 Å². The van der Waals surface area contributed by atoms with Gasteiger partial charge >= 0.3 is 0 Å². The number of nitrogens with two attached hydrogens (primary N) is 1. The summed E-state index contributed by atoms with van der Waals surface area (Å²) in [5, 5.41) is 1.46. The minimum Gasteiger partial charge on any atom is -0.496 e. The predicted octanol–water partition coefficient (Wildman–Crippen LogP) is 2.49. The lowest BCUT2D eigenvalue weighted by atomic mass is 10.1. The second kappa shape index (κ2) is 4.15. The first kappa shape index (κ1) is 11.0. The van der Waals surface area contributed by atoms with Crippen molar-refractivity contribution in [1.82, 2.24) is 4.98 Å². The first-order chi connectivity index (χ1) is 7.67. The molecule has 3 N–H and O–H groups in total. The Morgan fingerprint density at radius 1 is 1.44 bits per heavy atom. The van der Waals surface area contributed by atoms with Crippen LogP contribution in [0.4, 0.5) is 5.82 Å². The quantitative estimate of drug-likeness (QED) is 0.622. The number of methoxy groups -OCH3 is 1. The molecule has 0 fully saturated rings. The number of aromatic nitrogens is 1. The highest BCUT2D eigenvalue weighted by Gasteiger charge is 2.09. The molecule has 0 unspecified atom stereocenters. The van der Waals surface area contributed by atoms with Gasteiger partial charge in [-0.2, -0.15) is 0 Å². The predicted molar refractivity (Wildman–Crippen MR) is 65.9 cm³/mol. The van der Waals surface area contributed by atoms with E-state index in [2.05, 4.69) is 10.4 Å². The van der Waals surface area contributed by atoms with Crippen molar-refractivity contribution in [3.63, 3.8) is 0 Å². The molecule has 16 heavy (non-hydrogen) atoms. The van der Waals surface area contributed by atoms with E-state index in [4.69, 9.17) is 22.2 Å². The fraction of sp³-hybridized carbons (Fsp3) is 0.182. The molecule has 0 radical (unpaired) electrons. The topological polar surface area (TPSA) is 60.2 Å². The van der Waals surface area contributed by atoms with Gasteiger partial charge in [-0.25, -0.2) is 10.8 Å². The van der Waals surface area contributed by atoms with Crippen LogP contribution in [0.1, 0.15) is 5.56 Å². The lowest BCUT2D eigenvalue weighted by Gasteiger charge is -2.10. The van der Waals surface area contributed by atoms with Crippen molar-refractivity contribution in [3.8, 4) is 5.75 Å². The Bertz CT molecular complexity index is 542. The number of hydrazine groups is 1. The van der Waals surface area contributed by atoms with Gasteiger partial charge < -0.3 is 10.2 Å². The SMILES string of the molecule is COc1ccc(Cl)c2nc(NN)c(C)cc12. The average molecular weight is 238 g/mol. The van der Waals surface area contributed by atoms with E-state index in [9.17, 15) is 0 Å². The van der Waals surface area contributed by atoms with Crippen molar-refractivity contribution >= 4 is 28.3 Å². The van der Waals surface area contributed by atoms with E-state index in [1.165, 1.54) is 0 Å². The molecule has 0 atom stereocenters. The van der Waals surface area contributed by atoms with Gasteiger partial charge in [-0.1, -0.05) is 11.6 Å². The van der Waals surface area contributed by atoms with E-state index in [1.807, 2.05) is 19.1 Å². The zero-order valence-electron chi connectivity index (χ0n) is 9.04. The van der Waals surface area contributed by atoms with E-state index < -0.39 is 0 Å². The zero-order chi connectivity index (χ0) is 11.7. The van der Waals surface area contributed by atoms with Crippen LogP contribution in [0.3, 0.4) is 0 Å². The number of ether oxygens (including phenoxy) is 1. The molecule has 1 aromatic heterocycles. The lowest BCUT2D eigenvalue weighted by molar-refractivity contribution is 0.419. The fourth-order valence-corrected chi connectivity index (χ4v) is 1.83. The van der Waals surface area contributed by atoms with Crippen LogP contribution in [0.15, 0.2) is 18.2 Å². The molecule has 0 bridgehead atoms. The third-order valence-corrected chi connectivity index (χ3v) is 2.75. The highest BCUT2D eigenvalue weighted by molar-refractivity contribution is 6.35. The molecule has 0 aliphatic rings. The number of halogens is 1. The Balaban J connectivity index is 2.82. The summed E-state index contributed by atoms with van der Waals surface area (Å²) in [7, 11) is 1.62. The van der Waals surface area contributed by atoms with Crippen molar-refractivity contribution < 1.29 is 4.74 Å². The smallest absolute Gasteiger partial charge is 0.143 e. The number of aryl methyl sites for hydroxylation is 1. The summed E-state index contributed by atoms with van der Waals surface area (Å²) in [5.74, 6) is 6.74. The average Bonchev–Trinajstić information content (AvgIpc) is 2.29. The van der Waals surface area contributed by atoms with Gasteiger partial charge in [0.05, 0.1) is 17.6 Å². The van der Waals surface area contributed by atoms with Gasteiger partial charge in [0.25, 0.3) is 0 Å². The largest absolute Gasteiger partial charge is 0.496 e. The van der Waals surface area contributed by atoms with Gasteiger partial charge in [0.2, 0.25) is 0 Å². The molecule has 0 aliphatic carbocycles. The van der Waals surface area contributed by atoms with Crippen LogP contribution >= 0.6 is 11.6 Å². The van der Waals surface area contributed by atoms with Crippen LogP contribution in [0, 0.1) is 6.92 Å². The van der Waals surface area contributed by atoms with E-state index in [1.54, 1.807) is 13.2 Å². The maximum Gasteiger partial charge on any atom is 0.143 e. The van der Waals surface area contributed by atoms with E-state index in [0.717, 1.165) is 16.7 Å². The van der Waals surface area contributed by atoms with Gasteiger partial charge in [0, 0.05) is 5.39 Å². The van der Waals surface area contributed by atoms with Crippen LogP contribution in [0.5, 0.6) is 5.75 Å². The second-order valence-electron chi connectivity index (χ2n) is 3.44. The fourth-order valence-electron chi connectivity index (χ4n) is 1.62. The molecule has 1 heterocycles. The number of fused-ring (bicyclic) bond motifs is 1. The summed E-state index contributed by atoms with van der Waals surface area (Å²) < 4.78 is 5.26. The monoisotopic (exact) mass is 237 g/mol. The van der Waals surface area contributed by atoms with Crippen LogP contribution in [0.2, 0.25) is 5.02 Å². The minimum atomic E-state index is 0.576. The van der Waals surface area contributed by atoms with Gasteiger partial charge in [0.1, 0.15) is 11.6 Å². The minimum absolute atomic E-state index is 0.576. The van der Waals surface area contributed by atoms with Gasteiger partial charge in [-0.15, -0.1) is 0 Å². The molecule has 2 rings (SSSR count). The van der Waals surface area contributed by atoms with E-state index >= 15 is 0 Å². The molecule has 0 saturated carbocycles. The molecular weight excluding hydrogens is 226 g/mol. The molecule has 0 saturated heterocycles. The molecule has 0 spiro atoms. The summed E-state index contributed by atoms with van der Waals surface area (Å²) in [4.78, 5) is 4.35. The highest BCUT2D eigenvalue weighted by Crippen LogP contribution is 2.32. The Hall–Kier alpha value is -1.52. The van der Waals surface area contributed by atoms with Crippen LogP contribution < -0.4 is 16.0 Å². The van der Waals surface area contributed by atoms with Crippen molar-refractivity contribution in [2.75, 3.05) is 12.5 Å². The number of nitrogen functional groups attached to an aromatic ring is 1. The highest BCUT2D eigenvalue weighted by atomic mass is 35.5. The maximum atomic E-state index is 6.08. The molecule has 5 heteroatoms. The van der Waals surface area contributed by atoms with Crippen molar-refractivity contribution in [2.45, 2.75) is 6.92 Å². The number of anilines is 1. The Labute approximate surface area is 98.3 Å². The van der Waals surface area contributed by atoms with E-state index in [0.29, 0.717) is 16.4 Å². The van der Waals surface area contributed by atoms with Crippen LogP contribution in [-0.4, -0.2) is 12.1 Å². The summed E-state index contributed by atoms with van der Waals surface area (Å²) in [6.07, 6.45) is 0. The molecule has 1 aromatic carbocycles. The maximum absolute atomic E-state index is 6.08. The van der Waals surface area contributed by atoms with Crippen LogP contribution in [-0.2, 0) is 0 Å². The van der Waals surface area contributed by atoms with Crippen molar-refractivity contribution in [1.29, 1.82) is 0 Å². The number of nitrogens with one attached hydrogen (secondary N) is 1. The first-order valence-corrected chi connectivity index (χ1v) is 5.15. The number of rotatable bonds is 2. The summed E-state index contributed by atoms with van der Waals surface area (Å²) >= 11 is 6.08. The molecule has 4 nitrogen and oxygen atoms in total. The van der Waals surface area contributed by atoms with Gasteiger partial charge in [0.15, 0.2) is 0 Å². The number of pyridine rings is 1. The lowest BCUT2D eigenvalue weighted by Crippen LogP contribution is -2.10. The Kier molecular flexibility index (Phi) is 2.85. The van der Waals surface area contributed by atoms with Crippen molar-refractivity contribution in [2.24, 2.45) is 5.84 Å². The van der Waals surface area contributed by atoms with Gasteiger partial charge in [-0.3, -0.25) is 0 Å². The number of hydrogen-bond acceptors (Lipinski definition) is 4. The normalized spacial score (nSPS) is 10.5. The molecule has 2 aromatic rings. The molecule has 0 amide bonds. The number of nitrogens with zero attached hydrogens (tertiary/aromatic N) is 1. The summed E-state index contributed by atoms with van der Waals surface area (Å²) in [6, 6.07) is 5.52. The Morgan fingerprint density at radius 3 is 2.81 bits per heavy atom. The summed E-state index contributed by atoms with van der Waals surface area (Å²) in [6.45, 7) is 1.92. The van der Waals surface area contributed by atoms with Crippen LogP contribution in [0.25, 0.3) is 10.9 Å². The zero-order valence-corrected chi connectivity index (χ0v) is 9.80. The third kappa shape index (κ3) is 1.66.